The second kappa shape index (κ2) is 5.61. The van der Waals surface area contributed by atoms with Gasteiger partial charge in [0.2, 0.25) is 0 Å². The van der Waals surface area contributed by atoms with Crippen LogP contribution in [-0.4, -0.2) is 21.1 Å². The zero-order valence-electron chi connectivity index (χ0n) is 11.0. The van der Waals surface area contributed by atoms with Crippen LogP contribution in [-0.2, 0) is 13.0 Å². The van der Waals surface area contributed by atoms with Crippen molar-refractivity contribution in [3.63, 3.8) is 0 Å². The molecule has 102 valence electrons. The lowest BCUT2D eigenvalue weighted by Crippen LogP contribution is -2.03. The molecule has 0 fully saturated rings. The molecule has 0 saturated heterocycles. The molecule has 0 aliphatic heterocycles. The van der Waals surface area contributed by atoms with Crippen molar-refractivity contribution in [2.75, 3.05) is 6.54 Å². The summed E-state index contributed by atoms with van der Waals surface area (Å²) >= 11 is 6.11. The molecule has 5 heteroatoms. The van der Waals surface area contributed by atoms with Gasteiger partial charge in [0, 0.05) is 29.0 Å². The van der Waals surface area contributed by atoms with E-state index in [1.165, 1.54) is 10.9 Å². The minimum absolute atomic E-state index is 0.627. The van der Waals surface area contributed by atoms with E-state index in [1.807, 2.05) is 24.3 Å². The van der Waals surface area contributed by atoms with E-state index in [-0.39, 0.29) is 0 Å². The van der Waals surface area contributed by atoms with Gasteiger partial charge in [-0.3, -0.25) is 0 Å². The van der Waals surface area contributed by atoms with Crippen LogP contribution in [0.25, 0.3) is 10.9 Å². The highest BCUT2D eigenvalue weighted by Crippen LogP contribution is 2.25. The van der Waals surface area contributed by atoms with Gasteiger partial charge in [-0.25, -0.2) is 9.97 Å². The molecule has 2 N–H and O–H groups in total. The van der Waals surface area contributed by atoms with Crippen molar-refractivity contribution in [2.45, 2.75) is 13.0 Å². The summed E-state index contributed by atoms with van der Waals surface area (Å²) in [7, 11) is 0. The fraction of sp³-hybridized carbons (Fsp3) is 0.200. The molecule has 4 nitrogen and oxygen atoms in total. The Balaban J connectivity index is 2.07. The van der Waals surface area contributed by atoms with E-state index in [0.29, 0.717) is 13.1 Å². The smallest absolute Gasteiger partial charge is 0.147 e. The Bertz CT molecular complexity index is 721. The van der Waals surface area contributed by atoms with E-state index < -0.39 is 0 Å². The second-order valence-electron chi connectivity index (χ2n) is 4.65. The Morgan fingerprint density at radius 2 is 2.00 bits per heavy atom. The van der Waals surface area contributed by atoms with E-state index in [0.717, 1.165) is 22.8 Å². The van der Waals surface area contributed by atoms with Gasteiger partial charge in [0.1, 0.15) is 5.82 Å². The predicted octanol–water partition coefficient (Wildman–Crippen LogP) is 2.63. The molecule has 0 aliphatic carbocycles. The van der Waals surface area contributed by atoms with Crippen molar-refractivity contribution in [3.8, 4) is 0 Å². The fourth-order valence-electron chi connectivity index (χ4n) is 2.39. The van der Waals surface area contributed by atoms with Crippen LogP contribution in [0.4, 0.5) is 0 Å². The first-order valence-electron chi connectivity index (χ1n) is 6.51. The normalized spacial score (nSPS) is 11.1. The van der Waals surface area contributed by atoms with Crippen LogP contribution < -0.4 is 5.73 Å². The molecule has 3 aromatic rings. The lowest BCUT2D eigenvalue weighted by molar-refractivity contribution is 0.766. The maximum Gasteiger partial charge on any atom is 0.147 e. The molecule has 1 aromatic carbocycles. The Kier molecular flexibility index (Phi) is 3.67. The number of aromatic nitrogens is 3. The van der Waals surface area contributed by atoms with Crippen LogP contribution in [0.2, 0.25) is 5.02 Å². The molecule has 2 heterocycles. The van der Waals surface area contributed by atoms with Gasteiger partial charge in [-0.15, -0.1) is 0 Å². The molecule has 2 aromatic heterocycles. The van der Waals surface area contributed by atoms with Crippen LogP contribution >= 0.6 is 11.6 Å². The quantitative estimate of drug-likeness (QED) is 0.802. The molecule has 0 unspecified atom stereocenters. The van der Waals surface area contributed by atoms with Crippen molar-refractivity contribution in [1.82, 2.24) is 14.5 Å². The third-order valence-corrected chi connectivity index (χ3v) is 3.51. The Morgan fingerprint density at radius 1 is 1.20 bits per heavy atom. The summed E-state index contributed by atoms with van der Waals surface area (Å²) in [5.41, 5.74) is 8.01. The molecule has 0 radical (unpaired) electrons. The Morgan fingerprint density at radius 3 is 2.75 bits per heavy atom. The van der Waals surface area contributed by atoms with E-state index in [1.54, 1.807) is 12.4 Å². The van der Waals surface area contributed by atoms with Gasteiger partial charge in [0.05, 0.1) is 12.1 Å². The molecule has 0 spiro atoms. The summed E-state index contributed by atoms with van der Waals surface area (Å²) in [6.07, 6.45) is 6.47. The highest BCUT2D eigenvalue weighted by Gasteiger charge is 2.09. The van der Waals surface area contributed by atoms with Crippen molar-refractivity contribution in [3.05, 3.63) is 59.3 Å². The standard InChI is InChI=1S/C15H15ClN4/c16-12-2-3-13-11(4-5-17)9-20(14(13)8-12)10-15-18-6-1-7-19-15/h1-3,6-9H,4-5,10,17H2. The SMILES string of the molecule is NCCc1cn(Cc2ncccn2)c2cc(Cl)ccc12. The first kappa shape index (κ1) is 13.1. The van der Waals surface area contributed by atoms with Gasteiger partial charge >= 0.3 is 0 Å². The summed E-state index contributed by atoms with van der Waals surface area (Å²) in [6, 6.07) is 7.74. The van der Waals surface area contributed by atoms with Crippen molar-refractivity contribution in [1.29, 1.82) is 0 Å². The molecule has 3 rings (SSSR count). The molecular weight excluding hydrogens is 272 g/mol. The van der Waals surface area contributed by atoms with Gasteiger partial charge in [-0.05, 0) is 36.7 Å². The molecule has 0 amide bonds. The van der Waals surface area contributed by atoms with Crippen LogP contribution in [0.15, 0.2) is 42.9 Å². The zero-order valence-corrected chi connectivity index (χ0v) is 11.7. The molecule has 20 heavy (non-hydrogen) atoms. The first-order valence-corrected chi connectivity index (χ1v) is 6.89. The third-order valence-electron chi connectivity index (χ3n) is 3.27. The summed E-state index contributed by atoms with van der Waals surface area (Å²) in [6.45, 7) is 1.26. The van der Waals surface area contributed by atoms with Crippen molar-refractivity contribution < 1.29 is 0 Å². The van der Waals surface area contributed by atoms with Gasteiger partial charge in [0.25, 0.3) is 0 Å². The lowest BCUT2D eigenvalue weighted by Gasteiger charge is -2.04. The first-order chi connectivity index (χ1) is 9.78. The minimum atomic E-state index is 0.627. The number of nitrogens with zero attached hydrogens (tertiary/aromatic N) is 3. The molecule has 0 atom stereocenters. The van der Waals surface area contributed by atoms with E-state index >= 15 is 0 Å². The van der Waals surface area contributed by atoms with Crippen LogP contribution in [0.5, 0.6) is 0 Å². The van der Waals surface area contributed by atoms with Crippen LogP contribution in [0.3, 0.4) is 0 Å². The summed E-state index contributed by atoms with van der Waals surface area (Å²) in [5, 5.41) is 1.92. The largest absolute Gasteiger partial charge is 0.339 e. The topological polar surface area (TPSA) is 56.7 Å². The second-order valence-corrected chi connectivity index (χ2v) is 5.08. The van der Waals surface area contributed by atoms with Gasteiger partial charge in [0.15, 0.2) is 0 Å². The zero-order chi connectivity index (χ0) is 13.9. The average molecular weight is 287 g/mol. The van der Waals surface area contributed by atoms with E-state index in [9.17, 15) is 0 Å². The minimum Gasteiger partial charge on any atom is -0.339 e. The summed E-state index contributed by atoms with van der Waals surface area (Å²) in [5.74, 6) is 0.781. The Labute approximate surface area is 122 Å². The molecule has 0 bridgehead atoms. The number of hydrogen-bond acceptors (Lipinski definition) is 3. The number of nitrogens with two attached hydrogens (primary N) is 1. The molecule has 0 saturated carbocycles. The van der Waals surface area contributed by atoms with Gasteiger partial charge in [-0.1, -0.05) is 17.7 Å². The number of hydrogen-bond donors (Lipinski definition) is 1. The maximum absolute atomic E-state index is 6.11. The maximum atomic E-state index is 6.11. The number of fused-ring (bicyclic) bond motifs is 1. The Hall–Kier alpha value is -1.91. The molecular formula is C15H15ClN4. The van der Waals surface area contributed by atoms with Crippen LogP contribution in [0, 0.1) is 0 Å². The number of rotatable bonds is 4. The average Bonchev–Trinajstić information content (AvgIpc) is 2.78. The number of halogens is 1. The van der Waals surface area contributed by atoms with Gasteiger partial charge in [-0.2, -0.15) is 0 Å². The highest BCUT2D eigenvalue weighted by molar-refractivity contribution is 6.31. The number of benzene rings is 1. The van der Waals surface area contributed by atoms with Crippen molar-refractivity contribution in [2.24, 2.45) is 5.73 Å². The monoisotopic (exact) mass is 286 g/mol. The summed E-state index contributed by atoms with van der Waals surface area (Å²) < 4.78 is 2.13. The lowest BCUT2D eigenvalue weighted by atomic mass is 10.1. The third kappa shape index (κ3) is 2.53. The van der Waals surface area contributed by atoms with E-state index in [2.05, 4.69) is 20.7 Å². The fourth-order valence-corrected chi connectivity index (χ4v) is 2.56. The van der Waals surface area contributed by atoms with E-state index in [4.69, 9.17) is 17.3 Å². The van der Waals surface area contributed by atoms with Gasteiger partial charge < -0.3 is 10.3 Å². The highest BCUT2D eigenvalue weighted by atomic mass is 35.5. The summed E-state index contributed by atoms with van der Waals surface area (Å²) in [4.78, 5) is 8.54. The van der Waals surface area contributed by atoms with Crippen LogP contribution in [0.1, 0.15) is 11.4 Å². The predicted molar refractivity (Wildman–Crippen MR) is 80.8 cm³/mol. The van der Waals surface area contributed by atoms with Crippen molar-refractivity contribution >= 4 is 22.5 Å². The molecule has 0 aliphatic rings.